The van der Waals surface area contributed by atoms with Crippen LogP contribution in [-0.2, 0) is 6.61 Å². The van der Waals surface area contributed by atoms with Gasteiger partial charge in [-0.25, -0.2) is 4.98 Å². The molecule has 0 radical (unpaired) electrons. The highest BCUT2D eigenvalue weighted by Crippen LogP contribution is 2.35. The highest BCUT2D eigenvalue weighted by atomic mass is 16.5. The molecule has 2 aromatic heterocycles. The summed E-state index contributed by atoms with van der Waals surface area (Å²) in [6, 6.07) is 16.2. The molecule has 0 spiro atoms. The van der Waals surface area contributed by atoms with E-state index in [-0.39, 0.29) is 0 Å². The number of H-pyrrole nitrogens is 1. The summed E-state index contributed by atoms with van der Waals surface area (Å²) >= 11 is 0. The molecule has 0 unspecified atom stereocenters. The van der Waals surface area contributed by atoms with Crippen LogP contribution in [0.5, 0.6) is 5.75 Å². The number of nitrogens with zero attached hydrogens (tertiary/aromatic N) is 1. The maximum atomic E-state index is 6.11. The SMILES string of the molecule is C#Cc1ncc2[nH]c3cccc(OCc4ccccc4)c3c2c1C. The monoisotopic (exact) mass is 312 g/mol. The van der Waals surface area contributed by atoms with Gasteiger partial charge in [0.2, 0.25) is 0 Å². The van der Waals surface area contributed by atoms with Crippen molar-refractivity contribution >= 4 is 21.8 Å². The highest BCUT2D eigenvalue weighted by molar-refractivity contribution is 6.12. The van der Waals surface area contributed by atoms with E-state index in [0.29, 0.717) is 12.3 Å². The Morgan fingerprint density at radius 1 is 1.04 bits per heavy atom. The summed E-state index contributed by atoms with van der Waals surface area (Å²) in [6.45, 7) is 2.53. The number of terminal acetylenes is 1. The Hall–Kier alpha value is -3.25. The summed E-state index contributed by atoms with van der Waals surface area (Å²) in [5.41, 5.74) is 4.79. The summed E-state index contributed by atoms with van der Waals surface area (Å²) in [5, 5.41) is 2.14. The zero-order valence-corrected chi connectivity index (χ0v) is 13.3. The molecule has 2 aromatic carbocycles. The molecule has 4 aromatic rings. The van der Waals surface area contributed by atoms with E-state index in [2.05, 4.69) is 28.0 Å². The number of benzene rings is 2. The van der Waals surface area contributed by atoms with E-state index in [1.54, 1.807) is 6.20 Å². The first-order valence-corrected chi connectivity index (χ1v) is 7.81. The minimum atomic E-state index is 0.527. The first kappa shape index (κ1) is 14.3. The van der Waals surface area contributed by atoms with Crippen LogP contribution in [0.15, 0.2) is 54.7 Å². The van der Waals surface area contributed by atoms with Crippen LogP contribution in [0.25, 0.3) is 21.8 Å². The van der Waals surface area contributed by atoms with Crippen molar-refractivity contribution in [3.63, 3.8) is 0 Å². The summed E-state index contributed by atoms with van der Waals surface area (Å²) in [4.78, 5) is 7.73. The number of fused-ring (bicyclic) bond motifs is 3. The highest BCUT2D eigenvalue weighted by Gasteiger charge is 2.14. The fourth-order valence-electron chi connectivity index (χ4n) is 3.07. The van der Waals surface area contributed by atoms with Crippen molar-refractivity contribution in [2.45, 2.75) is 13.5 Å². The molecule has 0 saturated carbocycles. The van der Waals surface area contributed by atoms with E-state index in [9.17, 15) is 0 Å². The second-order valence-electron chi connectivity index (χ2n) is 5.74. The van der Waals surface area contributed by atoms with Gasteiger partial charge in [0.1, 0.15) is 18.1 Å². The number of hydrogen-bond acceptors (Lipinski definition) is 2. The maximum Gasteiger partial charge on any atom is 0.129 e. The number of ether oxygens (including phenoxy) is 1. The number of hydrogen-bond donors (Lipinski definition) is 1. The first-order valence-electron chi connectivity index (χ1n) is 7.81. The molecular formula is C21H16N2O. The molecule has 0 aliphatic rings. The molecule has 1 N–H and O–H groups in total. The Morgan fingerprint density at radius 3 is 2.67 bits per heavy atom. The zero-order valence-electron chi connectivity index (χ0n) is 13.3. The average Bonchev–Trinajstić information content (AvgIpc) is 3.01. The molecule has 2 heterocycles. The predicted molar refractivity (Wildman–Crippen MR) is 97.0 cm³/mol. The second-order valence-corrected chi connectivity index (χ2v) is 5.74. The van der Waals surface area contributed by atoms with Crippen molar-refractivity contribution in [2.75, 3.05) is 0 Å². The van der Waals surface area contributed by atoms with Crippen molar-refractivity contribution in [3.8, 4) is 18.1 Å². The van der Waals surface area contributed by atoms with Crippen molar-refractivity contribution in [2.24, 2.45) is 0 Å². The topological polar surface area (TPSA) is 37.9 Å². The lowest BCUT2D eigenvalue weighted by Gasteiger charge is -2.09. The molecule has 0 bridgehead atoms. The molecule has 0 aliphatic heterocycles. The third kappa shape index (κ3) is 2.29. The van der Waals surface area contributed by atoms with Gasteiger partial charge in [-0.05, 0) is 36.1 Å². The van der Waals surface area contributed by atoms with Gasteiger partial charge in [-0.1, -0.05) is 36.4 Å². The Labute approximate surface area is 140 Å². The minimum Gasteiger partial charge on any atom is -0.488 e. The molecule has 24 heavy (non-hydrogen) atoms. The molecular weight excluding hydrogens is 296 g/mol. The van der Waals surface area contributed by atoms with Crippen LogP contribution in [0.3, 0.4) is 0 Å². The maximum absolute atomic E-state index is 6.11. The van der Waals surface area contributed by atoms with Crippen LogP contribution in [0, 0.1) is 19.3 Å². The molecule has 0 amide bonds. The van der Waals surface area contributed by atoms with Crippen LogP contribution in [0.2, 0.25) is 0 Å². The van der Waals surface area contributed by atoms with Gasteiger partial charge in [-0.15, -0.1) is 6.42 Å². The molecule has 3 heteroatoms. The van der Waals surface area contributed by atoms with Crippen molar-refractivity contribution in [3.05, 3.63) is 71.5 Å². The van der Waals surface area contributed by atoms with Gasteiger partial charge in [0.25, 0.3) is 0 Å². The van der Waals surface area contributed by atoms with E-state index < -0.39 is 0 Å². The smallest absolute Gasteiger partial charge is 0.129 e. The fourth-order valence-corrected chi connectivity index (χ4v) is 3.07. The third-order valence-electron chi connectivity index (χ3n) is 4.24. The molecule has 0 atom stereocenters. The Balaban J connectivity index is 1.86. The lowest BCUT2D eigenvalue weighted by molar-refractivity contribution is 0.310. The number of nitrogens with one attached hydrogen (secondary N) is 1. The summed E-state index contributed by atoms with van der Waals surface area (Å²) in [6.07, 6.45) is 7.36. The number of pyridine rings is 1. The van der Waals surface area contributed by atoms with E-state index in [1.807, 2.05) is 43.3 Å². The molecule has 116 valence electrons. The van der Waals surface area contributed by atoms with Crippen LogP contribution in [-0.4, -0.2) is 9.97 Å². The van der Waals surface area contributed by atoms with Gasteiger partial charge in [0, 0.05) is 10.8 Å². The number of aromatic amines is 1. The van der Waals surface area contributed by atoms with Gasteiger partial charge in [0.15, 0.2) is 0 Å². The average molecular weight is 312 g/mol. The Kier molecular flexibility index (Phi) is 3.44. The lowest BCUT2D eigenvalue weighted by Crippen LogP contribution is -1.95. The van der Waals surface area contributed by atoms with Crippen molar-refractivity contribution in [1.82, 2.24) is 9.97 Å². The normalized spacial score (nSPS) is 10.8. The third-order valence-corrected chi connectivity index (χ3v) is 4.24. The molecule has 0 aliphatic carbocycles. The van der Waals surface area contributed by atoms with Crippen LogP contribution in [0.1, 0.15) is 16.8 Å². The number of aromatic nitrogens is 2. The first-order chi connectivity index (χ1) is 11.8. The second kappa shape index (κ2) is 5.75. The lowest BCUT2D eigenvalue weighted by atomic mass is 10.1. The predicted octanol–water partition coefficient (Wildman–Crippen LogP) is 4.58. The molecule has 3 nitrogen and oxygen atoms in total. The van der Waals surface area contributed by atoms with E-state index >= 15 is 0 Å². The Morgan fingerprint density at radius 2 is 1.88 bits per heavy atom. The molecule has 0 saturated heterocycles. The summed E-state index contributed by atoms with van der Waals surface area (Å²) in [5.74, 6) is 3.50. The quantitative estimate of drug-likeness (QED) is 0.562. The van der Waals surface area contributed by atoms with Gasteiger partial charge in [-0.3, -0.25) is 0 Å². The van der Waals surface area contributed by atoms with E-state index in [1.165, 1.54) is 0 Å². The van der Waals surface area contributed by atoms with E-state index in [4.69, 9.17) is 11.2 Å². The van der Waals surface area contributed by atoms with Gasteiger partial charge in [0.05, 0.1) is 17.2 Å². The summed E-state index contributed by atoms with van der Waals surface area (Å²) in [7, 11) is 0. The Bertz CT molecular complexity index is 1070. The van der Waals surface area contributed by atoms with Crippen LogP contribution >= 0.6 is 0 Å². The van der Waals surface area contributed by atoms with E-state index in [0.717, 1.165) is 38.7 Å². The van der Waals surface area contributed by atoms with Crippen molar-refractivity contribution in [1.29, 1.82) is 0 Å². The zero-order chi connectivity index (χ0) is 16.5. The largest absolute Gasteiger partial charge is 0.488 e. The standard InChI is InChI=1S/C21H16N2O/c1-3-16-14(2)20-18(12-22-16)23-17-10-7-11-19(21(17)20)24-13-15-8-5-4-6-9-15/h1,4-12,23H,13H2,2H3. The van der Waals surface area contributed by atoms with Crippen LogP contribution < -0.4 is 4.74 Å². The van der Waals surface area contributed by atoms with Crippen LogP contribution in [0.4, 0.5) is 0 Å². The minimum absolute atomic E-state index is 0.527. The fraction of sp³-hybridized carbons (Fsp3) is 0.0952. The van der Waals surface area contributed by atoms with Gasteiger partial charge >= 0.3 is 0 Å². The molecule has 0 fully saturated rings. The van der Waals surface area contributed by atoms with Gasteiger partial charge < -0.3 is 9.72 Å². The molecule has 4 rings (SSSR count). The van der Waals surface area contributed by atoms with Gasteiger partial charge in [-0.2, -0.15) is 0 Å². The van der Waals surface area contributed by atoms with Crippen molar-refractivity contribution < 1.29 is 4.74 Å². The number of aryl methyl sites for hydroxylation is 1. The summed E-state index contributed by atoms with van der Waals surface area (Å²) < 4.78 is 6.11. The number of rotatable bonds is 3.